The maximum atomic E-state index is 13.4. The SMILES string of the molecule is Cc1cc2c(cc3n2CC(C)(C(=O)NC2CCCCC2)N(C(C)C)C3=O)o1. The first kappa shape index (κ1) is 18.1. The number of nitrogens with one attached hydrogen (secondary N) is 1. The first-order valence-corrected chi connectivity index (χ1v) is 10.1. The molecule has 0 saturated heterocycles. The molecule has 27 heavy (non-hydrogen) atoms. The van der Waals surface area contributed by atoms with Gasteiger partial charge in [0.2, 0.25) is 5.91 Å². The highest BCUT2D eigenvalue weighted by Gasteiger charge is 2.49. The minimum Gasteiger partial charge on any atom is -0.460 e. The van der Waals surface area contributed by atoms with Gasteiger partial charge in [-0.25, -0.2) is 0 Å². The van der Waals surface area contributed by atoms with Crippen LogP contribution in [0.1, 0.15) is 69.1 Å². The molecule has 1 N–H and O–H groups in total. The van der Waals surface area contributed by atoms with Crippen molar-refractivity contribution in [3.05, 3.63) is 23.6 Å². The average Bonchev–Trinajstić information content (AvgIpc) is 3.12. The lowest BCUT2D eigenvalue weighted by Gasteiger charge is -2.46. The summed E-state index contributed by atoms with van der Waals surface area (Å²) in [7, 11) is 0. The maximum Gasteiger partial charge on any atom is 0.271 e. The van der Waals surface area contributed by atoms with Crippen molar-refractivity contribution in [2.45, 2.75) is 84.0 Å². The molecule has 1 unspecified atom stereocenters. The second kappa shape index (κ2) is 6.43. The zero-order valence-electron chi connectivity index (χ0n) is 16.7. The molecule has 0 spiro atoms. The van der Waals surface area contributed by atoms with Gasteiger partial charge in [-0.2, -0.15) is 0 Å². The highest BCUT2D eigenvalue weighted by Crippen LogP contribution is 2.35. The van der Waals surface area contributed by atoms with Gasteiger partial charge in [-0.1, -0.05) is 19.3 Å². The Morgan fingerprint density at radius 3 is 2.63 bits per heavy atom. The first-order chi connectivity index (χ1) is 12.8. The monoisotopic (exact) mass is 371 g/mol. The summed E-state index contributed by atoms with van der Waals surface area (Å²) in [6, 6.07) is 3.89. The van der Waals surface area contributed by atoms with Gasteiger partial charge in [0.1, 0.15) is 17.0 Å². The summed E-state index contributed by atoms with van der Waals surface area (Å²) in [6.45, 7) is 8.17. The van der Waals surface area contributed by atoms with E-state index in [1.165, 1.54) is 6.42 Å². The van der Waals surface area contributed by atoms with Crippen LogP contribution >= 0.6 is 0 Å². The van der Waals surface area contributed by atoms with Crippen molar-refractivity contribution in [3.8, 4) is 0 Å². The second-order valence-electron chi connectivity index (χ2n) is 8.57. The van der Waals surface area contributed by atoms with E-state index in [4.69, 9.17) is 4.42 Å². The van der Waals surface area contributed by atoms with Crippen molar-refractivity contribution >= 4 is 22.9 Å². The molecule has 0 aromatic carbocycles. The van der Waals surface area contributed by atoms with Gasteiger partial charge in [-0.15, -0.1) is 0 Å². The van der Waals surface area contributed by atoms with Crippen LogP contribution < -0.4 is 5.32 Å². The van der Waals surface area contributed by atoms with Crippen LogP contribution in [0.3, 0.4) is 0 Å². The van der Waals surface area contributed by atoms with Crippen molar-refractivity contribution in [2.24, 2.45) is 0 Å². The summed E-state index contributed by atoms with van der Waals surface area (Å²) in [6.07, 6.45) is 5.61. The van der Waals surface area contributed by atoms with Gasteiger partial charge >= 0.3 is 0 Å². The summed E-state index contributed by atoms with van der Waals surface area (Å²) in [5.41, 5.74) is 1.26. The Labute approximate surface area is 159 Å². The van der Waals surface area contributed by atoms with Gasteiger partial charge in [0.25, 0.3) is 5.91 Å². The molecule has 3 heterocycles. The Balaban J connectivity index is 1.73. The van der Waals surface area contributed by atoms with Crippen LogP contribution in [0.15, 0.2) is 16.5 Å². The van der Waals surface area contributed by atoms with E-state index in [0.717, 1.165) is 37.0 Å². The number of rotatable bonds is 3. The number of aryl methyl sites for hydroxylation is 1. The van der Waals surface area contributed by atoms with Crippen LogP contribution in [0.4, 0.5) is 0 Å². The standard InChI is InChI=1S/C21H29N3O3/c1-13(2)24-19(25)17-11-18-16(10-14(3)27-18)23(17)12-21(24,4)20(26)22-15-8-6-5-7-9-15/h10-11,13,15H,5-9,12H2,1-4H3,(H,22,26). The number of hydrogen-bond donors (Lipinski definition) is 1. The molecule has 1 aliphatic heterocycles. The van der Waals surface area contributed by atoms with Crippen LogP contribution in [-0.4, -0.2) is 38.9 Å². The van der Waals surface area contributed by atoms with Gasteiger partial charge < -0.3 is 19.2 Å². The average molecular weight is 371 g/mol. The molecule has 2 amide bonds. The summed E-state index contributed by atoms with van der Waals surface area (Å²) >= 11 is 0. The number of carbonyl (C=O) groups excluding carboxylic acids is 2. The zero-order valence-corrected chi connectivity index (χ0v) is 16.7. The highest BCUT2D eigenvalue weighted by atomic mass is 16.3. The third-order valence-corrected chi connectivity index (χ3v) is 6.09. The van der Waals surface area contributed by atoms with E-state index in [0.29, 0.717) is 17.8 Å². The van der Waals surface area contributed by atoms with Crippen molar-refractivity contribution in [3.63, 3.8) is 0 Å². The van der Waals surface area contributed by atoms with E-state index in [9.17, 15) is 9.59 Å². The summed E-state index contributed by atoms with van der Waals surface area (Å²) in [5.74, 6) is 0.646. The lowest BCUT2D eigenvalue weighted by atomic mass is 9.90. The summed E-state index contributed by atoms with van der Waals surface area (Å²) < 4.78 is 7.67. The number of carbonyl (C=O) groups is 2. The Kier molecular flexibility index (Phi) is 4.32. The minimum absolute atomic E-state index is 0.0517. The van der Waals surface area contributed by atoms with Crippen LogP contribution in [0, 0.1) is 6.92 Å². The molecule has 2 aliphatic rings. The maximum absolute atomic E-state index is 13.4. The predicted molar refractivity (Wildman–Crippen MR) is 104 cm³/mol. The van der Waals surface area contributed by atoms with Crippen molar-refractivity contribution in [1.82, 2.24) is 14.8 Å². The third-order valence-electron chi connectivity index (χ3n) is 6.09. The molecule has 4 rings (SSSR count). The zero-order chi connectivity index (χ0) is 19.3. The predicted octanol–water partition coefficient (Wildman–Crippen LogP) is 3.61. The van der Waals surface area contributed by atoms with Crippen LogP contribution in [-0.2, 0) is 11.3 Å². The molecule has 6 nitrogen and oxygen atoms in total. The van der Waals surface area contributed by atoms with Crippen LogP contribution in [0.5, 0.6) is 0 Å². The summed E-state index contributed by atoms with van der Waals surface area (Å²) in [5, 5.41) is 3.24. The molecular weight excluding hydrogens is 342 g/mol. The van der Waals surface area contributed by atoms with Gasteiger partial charge in [0.05, 0.1) is 12.1 Å². The fraction of sp³-hybridized carbons (Fsp3) is 0.619. The molecule has 1 aliphatic carbocycles. The molecule has 2 aromatic rings. The van der Waals surface area contributed by atoms with E-state index in [1.54, 1.807) is 11.0 Å². The first-order valence-electron chi connectivity index (χ1n) is 10.1. The topological polar surface area (TPSA) is 67.5 Å². The molecule has 0 bridgehead atoms. The molecule has 1 saturated carbocycles. The smallest absolute Gasteiger partial charge is 0.271 e. The molecular formula is C21H29N3O3. The Morgan fingerprint density at radius 1 is 1.26 bits per heavy atom. The van der Waals surface area contributed by atoms with E-state index in [2.05, 4.69) is 5.32 Å². The van der Waals surface area contributed by atoms with E-state index in [1.807, 2.05) is 38.3 Å². The van der Waals surface area contributed by atoms with E-state index >= 15 is 0 Å². The number of furan rings is 1. The van der Waals surface area contributed by atoms with Crippen molar-refractivity contribution < 1.29 is 14.0 Å². The highest BCUT2D eigenvalue weighted by molar-refractivity contribution is 6.03. The normalized spacial score (nSPS) is 23.9. The number of hydrogen-bond acceptors (Lipinski definition) is 3. The minimum atomic E-state index is -0.924. The lowest BCUT2D eigenvalue weighted by Crippen LogP contribution is -2.66. The molecule has 1 fully saturated rings. The molecule has 146 valence electrons. The van der Waals surface area contributed by atoms with Crippen molar-refractivity contribution in [1.29, 1.82) is 0 Å². The lowest BCUT2D eigenvalue weighted by molar-refractivity contribution is -0.134. The fourth-order valence-electron chi connectivity index (χ4n) is 4.82. The van der Waals surface area contributed by atoms with Gasteiger partial charge in [0.15, 0.2) is 5.58 Å². The molecule has 1 atom stereocenters. The Hall–Kier alpha value is -2.24. The summed E-state index contributed by atoms with van der Waals surface area (Å²) in [4.78, 5) is 28.4. The third kappa shape index (κ3) is 2.86. The molecule has 0 radical (unpaired) electrons. The number of amides is 2. The van der Waals surface area contributed by atoms with Crippen molar-refractivity contribution in [2.75, 3.05) is 0 Å². The van der Waals surface area contributed by atoms with E-state index in [-0.39, 0.29) is 23.9 Å². The number of nitrogens with zero attached hydrogens (tertiary/aromatic N) is 2. The van der Waals surface area contributed by atoms with Crippen LogP contribution in [0.2, 0.25) is 0 Å². The van der Waals surface area contributed by atoms with Gasteiger partial charge in [-0.3, -0.25) is 9.59 Å². The Bertz CT molecular complexity index is 888. The molecule has 6 heteroatoms. The number of fused-ring (bicyclic) bond motifs is 3. The van der Waals surface area contributed by atoms with E-state index < -0.39 is 5.54 Å². The molecule has 2 aromatic heterocycles. The van der Waals surface area contributed by atoms with Gasteiger partial charge in [-0.05, 0) is 40.5 Å². The van der Waals surface area contributed by atoms with Gasteiger partial charge in [0, 0.05) is 24.2 Å². The number of aromatic nitrogens is 1. The second-order valence-corrected chi connectivity index (χ2v) is 8.57. The Morgan fingerprint density at radius 2 is 1.96 bits per heavy atom. The fourth-order valence-corrected chi connectivity index (χ4v) is 4.82. The quantitative estimate of drug-likeness (QED) is 0.896. The van der Waals surface area contributed by atoms with Crippen LogP contribution in [0.25, 0.3) is 11.1 Å². The largest absolute Gasteiger partial charge is 0.460 e.